The van der Waals surface area contributed by atoms with Gasteiger partial charge in [0.05, 0.1) is 26.3 Å². The number of rotatable bonds is 6. The minimum absolute atomic E-state index is 0.0509. The number of amides is 1. The first kappa shape index (κ1) is 18.1. The summed E-state index contributed by atoms with van der Waals surface area (Å²) >= 11 is 0. The summed E-state index contributed by atoms with van der Waals surface area (Å²) in [6.45, 7) is 1.89. The number of methoxy groups -OCH3 is 3. The molecule has 1 amide bonds. The lowest BCUT2D eigenvalue weighted by Crippen LogP contribution is -2.14. The van der Waals surface area contributed by atoms with Gasteiger partial charge in [0.1, 0.15) is 5.69 Å². The Bertz CT molecular complexity index is 802. The molecule has 2 rings (SSSR count). The van der Waals surface area contributed by atoms with Gasteiger partial charge in [-0.1, -0.05) is 17.7 Å². The van der Waals surface area contributed by atoms with Crippen LogP contribution < -0.4 is 19.5 Å². The Hall–Kier alpha value is -3.29. The number of aryl methyl sites for hydroxylation is 1. The maximum Gasteiger partial charge on any atom is 0.338 e. The average Bonchev–Trinajstić information content (AvgIpc) is 2.60. The first-order chi connectivity index (χ1) is 11.9. The fourth-order valence-corrected chi connectivity index (χ4v) is 2.32. The van der Waals surface area contributed by atoms with Crippen molar-refractivity contribution < 1.29 is 23.9 Å². The number of hydrogen-bond donors (Lipinski definition) is 1. The number of hydrogen-bond acceptors (Lipinski definition) is 6. The topological polar surface area (TPSA) is 99.9 Å². The first-order valence-electron chi connectivity index (χ1n) is 7.28. The second kappa shape index (κ2) is 7.52. The Morgan fingerprint density at radius 2 is 1.64 bits per heavy atom. The van der Waals surface area contributed by atoms with Crippen molar-refractivity contribution in [2.75, 3.05) is 26.6 Å². The van der Waals surface area contributed by atoms with Crippen LogP contribution in [0.25, 0.3) is 0 Å². The Morgan fingerprint density at radius 3 is 2.12 bits per heavy atom. The summed E-state index contributed by atoms with van der Waals surface area (Å²) in [4.78, 5) is 23.3. The van der Waals surface area contributed by atoms with Crippen LogP contribution in [0.4, 0.5) is 11.4 Å². The minimum atomic E-state index is -0.647. The van der Waals surface area contributed by atoms with Gasteiger partial charge in [-0.3, -0.25) is 14.9 Å². The lowest BCUT2D eigenvalue weighted by Gasteiger charge is -2.15. The van der Waals surface area contributed by atoms with Crippen molar-refractivity contribution in [3.05, 3.63) is 51.6 Å². The molecule has 0 aliphatic heterocycles. The van der Waals surface area contributed by atoms with E-state index in [2.05, 4.69) is 5.32 Å². The molecule has 0 radical (unpaired) electrons. The molecule has 8 heteroatoms. The Morgan fingerprint density at radius 1 is 1.04 bits per heavy atom. The molecule has 0 saturated heterocycles. The summed E-state index contributed by atoms with van der Waals surface area (Å²) in [6, 6.07) is 8.14. The van der Waals surface area contributed by atoms with Gasteiger partial charge in [-0.25, -0.2) is 0 Å². The molecule has 8 nitrogen and oxygen atoms in total. The van der Waals surface area contributed by atoms with Crippen molar-refractivity contribution >= 4 is 17.3 Å². The molecule has 2 aromatic rings. The van der Waals surface area contributed by atoms with Crippen molar-refractivity contribution in [3.8, 4) is 17.2 Å². The van der Waals surface area contributed by atoms with E-state index in [4.69, 9.17) is 14.2 Å². The van der Waals surface area contributed by atoms with E-state index in [1.54, 1.807) is 24.3 Å². The number of nitro benzene ring substituents is 1. The van der Waals surface area contributed by atoms with Gasteiger partial charge in [-0.05, 0) is 19.1 Å². The molecule has 2 aromatic carbocycles. The highest BCUT2D eigenvalue weighted by molar-refractivity contribution is 6.06. The summed E-state index contributed by atoms with van der Waals surface area (Å²) in [7, 11) is 4.00. The average molecular weight is 346 g/mol. The van der Waals surface area contributed by atoms with E-state index in [1.807, 2.05) is 6.92 Å². The molecule has 0 aliphatic rings. The largest absolute Gasteiger partial charge is 0.493 e. The van der Waals surface area contributed by atoms with Gasteiger partial charge in [0.25, 0.3) is 5.91 Å². The van der Waals surface area contributed by atoms with Crippen LogP contribution >= 0.6 is 0 Å². The van der Waals surface area contributed by atoms with Crippen molar-refractivity contribution in [1.29, 1.82) is 0 Å². The maximum absolute atomic E-state index is 12.4. The van der Waals surface area contributed by atoms with Crippen molar-refractivity contribution in [2.45, 2.75) is 6.92 Å². The zero-order chi connectivity index (χ0) is 18.6. The van der Waals surface area contributed by atoms with Crippen LogP contribution in [-0.2, 0) is 0 Å². The van der Waals surface area contributed by atoms with Gasteiger partial charge >= 0.3 is 5.69 Å². The van der Waals surface area contributed by atoms with Crippen LogP contribution in [0.5, 0.6) is 17.2 Å². The molecular formula is C17H18N2O6. The maximum atomic E-state index is 12.4. The number of nitro groups is 1. The third-order valence-corrected chi connectivity index (χ3v) is 3.55. The van der Waals surface area contributed by atoms with E-state index >= 15 is 0 Å². The molecule has 0 atom stereocenters. The smallest absolute Gasteiger partial charge is 0.338 e. The number of carbonyl (C=O) groups is 1. The fraction of sp³-hybridized carbons (Fsp3) is 0.235. The molecule has 0 spiro atoms. The summed E-state index contributed by atoms with van der Waals surface area (Å²) in [6.07, 6.45) is 0. The Labute approximate surface area is 144 Å². The second-order valence-corrected chi connectivity index (χ2v) is 5.12. The number of benzene rings is 2. The number of nitrogens with zero attached hydrogens (tertiary/aromatic N) is 1. The molecule has 0 saturated carbocycles. The van der Waals surface area contributed by atoms with Crippen molar-refractivity contribution in [2.24, 2.45) is 0 Å². The van der Waals surface area contributed by atoms with Crippen LogP contribution in [0, 0.1) is 17.0 Å². The SMILES string of the molecule is COc1cc(NC(=O)c2ccc(C)cc2)c([N+](=O)[O-])c(OC)c1OC. The van der Waals surface area contributed by atoms with Gasteiger partial charge in [-0.15, -0.1) is 0 Å². The molecule has 25 heavy (non-hydrogen) atoms. The van der Waals surface area contributed by atoms with Crippen LogP contribution in [0.2, 0.25) is 0 Å². The first-order valence-corrected chi connectivity index (χ1v) is 7.28. The lowest BCUT2D eigenvalue weighted by molar-refractivity contribution is -0.384. The van der Waals surface area contributed by atoms with E-state index in [1.165, 1.54) is 27.4 Å². The summed E-state index contributed by atoms with van der Waals surface area (Å²) in [5.74, 6) is -0.349. The highest BCUT2D eigenvalue weighted by Crippen LogP contribution is 2.48. The molecular weight excluding hydrogens is 328 g/mol. The number of carbonyl (C=O) groups excluding carboxylic acids is 1. The molecule has 1 N–H and O–H groups in total. The van der Waals surface area contributed by atoms with Crippen LogP contribution in [0.1, 0.15) is 15.9 Å². The van der Waals surface area contributed by atoms with Gasteiger partial charge in [-0.2, -0.15) is 0 Å². The molecule has 0 unspecified atom stereocenters. The Balaban J connectivity index is 2.53. The third kappa shape index (κ3) is 3.63. The minimum Gasteiger partial charge on any atom is -0.493 e. The van der Waals surface area contributed by atoms with E-state index in [-0.39, 0.29) is 22.9 Å². The molecule has 0 fully saturated rings. The van der Waals surface area contributed by atoms with Crippen LogP contribution in [0.15, 0.2) is 30.3 Å². The zero-order valence-corrected chi connectivity index (χ0v) is 14.3. The molecule has 0 aliphatic carbocycles. The highest BCUT2D eigenvalue weighted by atomic mass is 16.6. The van der Waals surface area contributed by atoms with Gasteiger partial charge in [0.2, 0.25) is 11.5 Å². The van der Waals surface area contributed by atoms with Crippen molar-refractivity contribution in [1.82, 2.24) is 0 Å². The number of anilines is 1. The fourth-order valence-electron chi connectivity index (χ4n) is 2.32. The lowest BCUT2D eigenvalue weighted by atomic mass is 10.1. The van der Waals surface area contributed by atoms with E-state index in [0.29, 0.717) is 5.56 Å². The van der Waals surface area contributed by atoms with E-state index in [9.17, 15) is 14.9 Å². The zero-order valence-electron chi connectivity index (χ0n) is 14.3. The van der Waals surface area contributed by atoms with Gasteiger partial charge in [0, 0.05) is 11.6 Å². The molecule has 132 valence electrons. The number of nitrogens with one attached hydrogen (secondary N) is 1. The quantitative estimate of drug-likeness (QED) is 0.637. The normalized spacial score (nSPS) is 10.1. The number of ether oxygens (including phenoxy) is 3. The molecule has 0 aromatic heterocycles. The summed E-state index contributed by atoms with van der Waals surface area (Å²) in [5, 5.41) is 14.0. The predicted octanol–water partition coefficient (Wildman–Crippen LogP) is 3.18. The molecule has 0 bridgehead atoms. The molecule has 0 heterocycles. The summed E-state index contributed by atoms with van der Waals surface area (Å²) < 4.78 is 15.4. The van der Waals surface area contributed by atoms with Gasteiger partial charge < -0.3 is 19.5 Å². The van der Waals surface area contributed by atoms with Crippen molar-refractivity contribution in [3.63, 3.8) is 0 Å². The predicted molar refractivity (Wildman–Crippen MR) is 91.9 cm³/mol. The van der Waals surface area contributed by atoms with Crippen LogP contribution in [0.3, 0.4) is 0 Å². The summed E-state index contributed by atoms with van der Waals surface area (Å²) in [5.41, 5.74) is 0.898. The monoisotopic (exact) mass is 346 g/mol. The highest BCUT2D eigenvalue weighted by Gasteiger charge is 2.30. The third-order valence-electron chi connectivity index (χ3n) is 3.55. The van der Waals surface area contributed by atoms with Gasteiger partial charge in [0.15, 0.2) is 5.75 Å². The van der Waals surface area contributed by atoms with E-state index in [0.717, 1.165) is 5.56 Å². The van der Waals surface area contributed by atoms with E-state index < -0.39 is 16.5 Å². The second-order valence-electron chi connectivity index (χ2n) is 5.12. The van der Waals surface area contributed by atoms with Crippen LogP contribution in [-0.4, -0.2) is 32.2 Å². The Kier molecular flexibility index (Phi) is 5.43. The standard InChI is InChI=1S/C17H18N2O6/c1-10-5-7-11(8-6-10)17(20)18-12-9-13(23-2)15(24-3)16(25-4)14(12)19(21)22/h5-9H,1-4H3,(H,18,20).